The summed E-state index contributed by atoms with van der Waals surface area (Å²) in [6.45, 7) is 4.50. The molecule has 3 rings (SSSR count). The topological polar surface area (TPSA) is 28.2 Å². The fourth-order valence-electron chi connectivity index (χ4n) is 3.55. The van der Waals surface area contributed by atoms with E-state index in [1.165, 1.54) is 31.2 Å². The second-order valence-corrected chi connectivity index (χ2v) is 5.68. The van der Waals surface area contributed by atoms with Gasteiger partial charge in [-0.15, -0.1) is 0 Å². The van der Waals surface area contributed by atoms with Crippen LogP contribution in [0.25, 0.3) is 0 Å². The van der Waals surface area contributed by atoms with Gasteiger partial charge in [0.15, 0.2) is 0 Å². The molecule has 1 N–H and O–H groups in total. The van der Waals surface area contributed by atoms with Crippen LogP contribution in [0.3, 0.4) is 0 Å². The Labute approximate surface area is 110 Å². The lowest BCUT2D eigenvalue weighted by atomic mass is 9.97. The summed E-state index contributed by atoms with van der Waals surface area (Å²) in [4.78, 5) is 6.74. The molecule has 3 nitrogen and oxygen atoms in total. The van der Waals surface area contributed by atoms with Crippen molar-refractivity contribution < 1.29 is 0 Å². The van der Waals surface area contributed by atoms with Crippen LogP contribution in [-0.2, 0) is 6.54 Å². The van der Waals surface area contributed by atoms with Gasteiger partial charge in [0.05, 0.1) is 0 Å². The van der Waals surface area contributed by atoms with E-state index in [2.05, 4.69) is 34.3 Å². The van der Waals surface area contributed by atoms with Crippen molar-refractivity contribution in [2.24, 2.45) is 0 Å². The molecular weight excluding hydrogens is 222 g/mol. The Morgan fingerprint density at radius 1 is 1.22 bits per heavy atom. The molecule has 2 fully saturated rings. The number of aromatic nitrogens is 1. The van der Waals surface area contributed by atoms with Gasteiger partial charge in [-0.2, -0.15) is 0 Å². The van der Waals surface area contributed by atoms with Crippen LogP contribution in [0.4, 0.5) is 0 Å². The molecule has 0 aliphatic carbocycles. The predicted molar refractivity (Wildman–Crippen MR) is 73.3 cm³/mol. The zero-order chi connectivity index (χ0) is 12.4. The van der Waals surface area contributed by atoms with Gasteiger partial charge in [-0.1, -0.05) is 6.92 Å². The second kappa shape index (κ2) is 5.37. The van der Waals surface area contributed by atoms with E-state index in [0.29, 0.717) is 0 Å². The van der Waals surface area contributed by atoms with E-state index in [4.69, 9.17) is 0 Å². The summed E-state index contributed by atoms with van der Waals surface area (Å²) in [6.07, 6.45) is 9.22. The van der Waals surface area contributed by atoms with Crippen molar-refractivity contribution in [2.75, 3.05) is 6.54 Å². The quantitative estimate of drug-likeness (QED) is 0.881. The van der Waals surface area contributed by atoms with E-state index in [1.54, 1.807) is 0 Å². The minimum absolute atomic E-state index is 0.766. The van der Waals surface area contributed by atoms with E-state index >= 15 is 0 Å². The number of nitrogens with zero attached hydrogens (tertiary/aromatic N) is 2. The van der Waals surface area contributed by atoms with Gasteiger partial charge in [0, 0.05) is 37.1 Å². The van der Waals surface area contributed by atoms with Gasteiger partial charge < -0.3 is 5.32 Å². The molecule has 18 heavy (non-hydrogen) atoms. The standard InChI is InChI=1S/C15H23N3/c1-2-18(11-12-5-7-16-8-6-12)15-9-13-3-4-14(10-15)17-13/h5-8,13-15,17H,2-4,9-11H2,1H3. The molecule has 2 bridgehead atoms. The zero-order valence-corrected chi connectivity index (χ0v) is 11.2. The highest BCUT2D eigenvalue weighted by atomic mass is 15.2. The molecule has 2 atom stereocenters. The Morgan fingerprint density at radius 2 is 1.89 bits per heavy atom. The fourth-order valence-corrected chi connectivity index (χ4v) is 3.55. The van der Waals surface area contributed by atoms with Crippen LogP contribution >= 0.6 is 0 Å². The lowest BCUT2D eigenvalue weighted by Gasteiger charge is -2.37. The number of rotatable bonds is 4. The highest BCUT2D eigenvalue weighted by molar-refractivity contribution is 5.10. The first-order valence-corrected chi connectivity index (χ1v) is 7.24. The summed E-state index contributed by atoms with van der Waals surface area (Å²) in [6, 6.07) is 6.60. The number of hydrogen-bond donors (Lipinski definition) is 1. The van der Waals surface area contributed by atoms with Gasteiger partial charge in [-0.05, 0) is 49.9 Å². The van der Waals surface area contributed by atoms with E-state index < -0.39 is 0 Å². The third kappa shape index (κ3) is 2.57. The summed E-state index contributed by atoms with van der Waals surface area (Å²) in [5.41, 5.74) is 1.39. The summed E-state index contributed by atoms with van der Waals surface area (Å²) in [5.74, 6) is 0. The minimum Gasteiger partial charge on any atom is -0.311 e. The maximum Gasteiger partial charge on any atom is 0.0271 e. The zero-order valence-electron chi connectivity index (χ0n) is 11.2. The first-order valence-electron chi connectivity index (χ1n) is 7.24. The van der Waals surface area contributed by atoms with E-state index in [1.807, 2.05) is 12.4 Å². The third-order valence-corrected chi connectivity index (χ3v) is 4.51. The molecule has 0 saturated carbocycles. The molecule has 0 amide bonds. The predicted octanol–water partition coefficient (Wildman–Crippen LogP) is 2.19. The van der Waals surface area contributed by atoms with Crippen molar-refractivity contribution in [1.82, 2.24) is 15.2 Å². The summed E-state index contributed by atoms with van der Waals surface area (Å²) in [7, 11) is 0. The van der Waals surface area contributed by atoms with Crippen LogP contribution in [0.1, 0.15) is 38.2 Å². The Morgan fingerprint density at radius 3 is 2.50 bits per heavy atom. The Kier molecular flexibility index (Phi) is 3.62. The first kappa shape index (κ1) is 12.1. The first-order chi connectivity index (χ1) is 8.85. The molecule has 1 aromatic heterocycles. The largest absolute Gasteiger partial charge is 0.311 e. The molecule has 2 unspecified atom stereocenters. The van der Waals surface area contributed by atoms with Crippen molar-refractivity contribution in [2.45, 2.75) is 57.3 Å². The molecule has 0 spiro atoms. The number of hydrogen-bond acceptors (Lipinski definition) is 3. The molecule has 0 aromatic carbocycles. The molecule has 3 heteroatoms. The molecule has 2 saturated heterocycles. The molecule has 0 radical (unpaired) electrons. The minimum atomic E-state index is 0.766. The van der Waals surface area contributed by atoms with Crippen LogP contribution in [0, 0.1) is 0 Å². The molecule has 2 aliphatic rings. The average molecular weight is 245 g/mol. The maximum atomic E-state index is 4.10. The summed E-state index contributed by atoms with van der Waals surface area (Å²) >= 11 is 0. The number of pyridine rings is 1. The van der Waals surface area contributed by atoms with Crippen LogP contribution in [0.2, 0.25) is 0 Å². The van der Waals surface area contributed by atoms with Gasteiger partial charge in [-0.3, -0.25) is 9.88 Å². The lowest BCUT2D eigenvalue weighted by molar-refractivity contribution is 0.140. The van der Waals surface area contributed by atoms with Crippen LogP contribution in [0.15, 0.2) is 24.5 Å². The number of piperidine rings is 1. The van der Waals surface area contributed by atoms with E-state index in [-0.39, 0.29) is 0 Å². The van der Waals surface area contributed by atoms with E-state index in [9.17, 15) is 0 Å². The highest BCUT2D eigenvalue weighted by Gasteiger charge is 2.35. The molecular formula is C15H23N3. The summed E-state index contributed by atoms with van der Waals surface area (Å²) in [5, 5.41) is 3.73. The van der Waals surface area contributed by atoms with E-state index in [0.717, 1.165) is 31.2 Å². The average Bonchev–Trinajstić information content (AvgIpc) is 2.76. The Balaban J connectivity index is 1.65. The highest BCUT2D eigenvalue weighted by Crippen LogP contribution is 2.30. The molecule has 2 aliphatic heterocycles. The monoisotopic (exact) mass is 245 g/mol. The number of nitrogens with one attached hydrogen (secondary N) is 1. The van der Waals surface area contributed by atoms with Gasteiger partial charge in [-0.25, -0.2) is 0 Å². The number of fused-ring (bicyclic) bond motifs is 2. The molecule has 3 heterocycles. The smallest absolute Gasteiger partial charge is 0.0271 e. The SMILES string of the molecule is CCN(Cc1ccncc1)C1CC2CCC(C1)N2. The van der Waals surface area contributed by atoms with Crippen molar-refractivity contribution in [3.63, 3.8) is 0 Å². The molecule has 98 valence electrons. The normalized spacial score (nSPS) is 30.9. The summed E-state index contributed by atoms with van der Waals surface area (Å²) < 4.78 is 0. The Hall–Kier alpha value is -0.930. The van der Waals surface area contributed by atoms with Crippen LogP contribution in [0.5, 0.6) is 0 Å². The molecule has 1 aromatic rings. The lowest BCUT2D eigenvalue weighted by Crippen LogP contribution is -2.47. The van der Waals surface area contributed by atoms with Gasteiger partial charge >= 0.3 is 0 Å². The van der Waals surface area contributed by atoms with Crippen LogP contribution in [-0.4, -0.2) is 34.6 Å². The fraction of sp³-hybridized carbons (Fsp3) is 0.667. The van der Waals surface area contributed by atoms with Crippen LogP contribution < -0.4 is 5.32 Å². The third-order valence-electron chi connectivity index (χ3n) is 4.51. The van der Waals surface area contributed by atoms with Gasteiger partial charge in [0.2, 0.25) is 0 Å². The van der Waals surface area contributed by atoms with Crippen molar-refractivity contribution >= 4 is 0 Å². The van der Waals surface area contributed by atoms with Crippen molar-refractivity contribution in [1.29, 1.82) is 0 Å². The van der Waals surface area contributed by atoms with Gasteiger partial charge in [0.1, 0.15) is 0 Å². The second-order valence-electron chi connectivity index (χ2n) is 5.68. The van der Waals surface area contributed by atoms with Crippen molar-refractivity contribution in [3.8, 4) is 0 Å². The maximum absolute atomic E-state index is 4.10. The van der Waals surface area contributed by atoms with Gasteiger partial charge in [0.25, 0.3) is 0 Å². The van der Waals surface area contributed by atoms with Crippen molar-refractivity contribution in [3.05, 3.63) is 30.1 Å². The Bertz CT molecular complexity index is 367.